The van der Waals surface area contributed by atoms with Crippen LogP contribution in [-0.2, 0) is 0 Å². The first kappa shape index (κ1) is 21.5. The van der Waals surface area contributed by atoms with E-state index in [9.17, 15) is 5.26 Å². The summed E-state index contributed by atoms with van der Waals surface area (Å²) in [5.74, 6) is 0.814. The number of aromatic nitrogens is 1. The van der Waals surface area contributed by atoms with Crippen molar-refractivity contribution in [1.29, 1.82) is 5.26 Å². The van der Waals surface area contributed by atoms with Crippen molar-refractivity contribution in [3.05, 3.63) is 82.2 Å². The lowest BCUT2D eigenvalue weighted by atomic mass is 10.0. The van der Waals surface area contributed by atoms with E-state index < -0.39 is 0 Å². The second-order valence-corrected chi connectivity index (χ2v) is 7.88. The number of allylic oxidation sites excluding steroid dienone is 3. The average Bonchev–Trinajstić information content (AvgIpc) is 3.28. The van der Waals surface area contributed by atoms with Crippen LogP contribution in [0.5, 0.6) is 5.75 Å². The lowest BCUT2D eigenvalue weighted by molar-refractivity contribution is 0.415. The minimum atomic E-state index is 0.610. The van der Waals surface area contributed by atoms with Crippen LogP contribution in [0.25, 0.3) is 22.9 Å². The van der Waals surface area contributed by atoms with E-state index in [1.165, 1.54) is 24.2 Å². The van der Waals surface area contributed by atoms with Crippen LogP contribution in [0.3, 0.4) is 0 Å². The normalized spacial score (nSPS) is 11.9. The maximum atomic E-state index is 9.82. The maximum Gasteiger partial charge on any atom is 0.134 e. The Labute approximate surface area is 183 Å². The van der Waals surface area contributed by atoms with Gasteiger partial charge < -0.3 is 4.74 Å². The first-order valence-corrected chi connectivity index (χ1v) is 11.1. The molecule has 4 heteroatoms. The summed E-state index contributed by atoms with van der Waals surface area (Å²) in [6.45, 7) is 2.20. The van der Waals surface area contributed by atoms with Crippen molar-refractivity contribution in [2.75, 3.05) is 7.11 Å². The molecule has 3 rings (SSSR count). The molecular weight excluding hydrogens is 388 g/mol. The van der Waals surface area contributed by atoms with Crippen molar-refractivity contribution in [3.63, 3.8) is 0 Å². The van der Waals surface area contributed by atoms with E-state index in [2.05, 4.69) is 31.2 Å². The van der Waals surface area contributed by atoms with E-state index in [0.29, 0.717) is 5.57 Å². The Bertz CT molecular complexity index is 1040. The molecule has 0 saturated heterocycles. The quantitative estimate of drug-likeness (QED) is 0.208. The van der Waals surface area contributed by atoms with Crippen LogP contribution >= 0.6 is 11.3 Å². The summed E-state index contributed by atoms with van der Waals surface area (Å²) in [5.41, 5.74) is 4.80. The summed E-state index contributed by atoms with van der Waals surface area (Å²) >= 11 is 1.50. The number of benzene rings is 2. The highest BCUT2D eigenvalue weighted by Gasteiger charge is 2.10. The predicted octanol–water partition coefficient (Wildman–Crippen LogP) is 7.39. The SMILES string of the molecule is CCCCCC(=Cc1ccccc1)C=C(C#N)c1nc(-c2ccc(OC)cc2)cs1. The molecule has 152 valence electrons. The molecular formula is C26H26N2OS. The number of ether oxygens (including phenoxy) is 1. The van der Waals surface area contributed by atoms with Crippen LogP contribution in [0.1, 0.15) is 43.2 Å². The molecule has 0 unspecified atom stereocenters. The molecule has 0 aliphatic carbocycles. The van der Waals surface area contributed by atoms with E-state index in [1.54, 1.807) is 7.11 Å². The molecule has 0 radical (unpaired) electrons. The third-order valence-electron chi connectivity index (χ3n) is 4.79. The van der Waals surface area contributed by atoms with Crippen LogP contribution in [-0.4, -0.2) is 12.1 Å². The largest absolute Gasteiger partial charge is 0.497 e. The van der Waals surface area contributed by atoms with Crippen molar-refractivity contribution >= 4 is 23.0 Å². The molecule has 0 amide bonds. The van der Waals surface area contributed by atoms with Gasteiger partial charge in [0.05, 0.1) is 18.4 Å². The number of hydrogen-bond acceptors (Lipinski definition) is 4. The number of nitriles is 1. The zero-order chi connectivity index (χ0) is 21.2. The fourth-order valence-corrected chi connectivity index (χ4v) is 3.94. The average molecular weight is 415 g/mol. The molecule has 0 aliphatic rings. The Kier molecular flexibility index (Phi) is 8.00. The van der Waals surface area contributed by atoms with E-state index in [-0.39, 0.29) is 0 Å². The summed E-state index contributed by atoms with van der Waals surface area (Å²) in [4.78, 5) is 4.72. The van der Waals surface area contributed by atoms with Gasteiger partial charge in [-0.25, -0.2) is 4.98 Å². The van der Waals surface area contributed by atoms with Crippen LogP contribution in [0.2, 0.25) is 0 Å². The number of nitrogens with zero attached hydrogens (tertiary/aromatic N) is 2. The lowest BCUT2D eigenvalue weighted by Gasteiger charge is -2.04. The first-order valence-electron chi connectivity index (χ1n) is 10.2. The first-order chi connectivity index (χ1) is 14.7. The lowest BCUT2D eigenvalue weighted by Crippen LogP contribution is -1.87. The smallest absolute Gasteiger partial charge is 0.134 e. The fourth-order valence-electron chi connectivity index (χ4n) is 3.15. The third kappa shape index (κ3) is 5.92. The molecule has 1 heterocycles. The molecule has 0 atom stereocenters. The van der Waals surface area contributed by atoms with Crippen LogP contribution in [0.15, 0.2) is 71.6 Å². The second kappa shape index (κ2) is 11.1. The highest BCUT2D eigenvalue weighted by molar-refractivity contribution is 7.11. The number of methoxy groups -OCH3 is 1. The molecule has 0 aliphatic heterocycles. The topological polar surface area (TPSA) is 45.9 Å². The highest BCUT2D eigenvalue weighted by Crippen LogP contribution is 2.29. The van der Waals surface area contributed by atoms with Crippen molar-refractivity contribution in [2.45, 2.75) is 32.6 Å². The molecule has 30 heavy (non-hydrogen) atoms. The van der Waals surface area contributed by atoms with Gasteiger partial charge in [-0.15, -0.1) is 11.3 Å². The van der Waals surface area contributed by atoms with Gasteiger partial charge in [0.2, 0.25) is 0 Å². The minimum Gasteiger partial charge on any atom is -0.497 e. The van der Waals surface area contributed by atoms with Gasteiger partial charge in [0.25, 0.3) is 0 Å². The summed E-state index contributed by atoms with van der Waals surface area (Å²) in [5, 5.41) is 12.6. The number of unbranched alkanes of at least 4 members (excludes halogenated alkanes) is 2. The second-order valence-electron chi connectivity index (χ2n) is 7.02. The molecule has 2 aromatic carbocycles. The van der Waals surface area contributed by atoms with E-state index in [4.69, 9.17) is 9.72 Å². The van der Waals surface area contributed by atoms with Crippen LogP contribution < -0.4 is 4.74 Å². The van der Waals surface area contributed by atoms with Gasteiger partial charge in [-0.2, -0.15) is 5.26 Å². The van der Waals surface area contributed by atoms with Crippen molar-refractivity contribution in [2.24, 2.45) is 0 Å². The Hall–Kier alpha value is -3.16. The minimum absolute atomic E-state index is 0.610. The van der Waals surface area contributed by atoms with Crippen molar-refractivity contribution in [1.82, 2.24) is 4.98 Å². The summed E-state index contributed by atoms with van der Waals surface area (Å²) in [7, 11) is 1.65. The molecule has 1 aromatic heterocycles. The van der Waals surface area contributed by atoms with Gasteiger partial charge in [-0.05, 0) is 54.3 Å². The molecule has 0 saturated carbocycles. The number of hydrogen-bond donors (Lipinski definition) is 0. The number of thiazole rings is 1. The molecule has 0 bridgehead atoms. The zero-order valence-corrected chi connectivity index (χ0v) is 18.3. The van der Waals surface area contributed by atoms with Crippen LogP contribution in [0.4, 0.5) is 0 Å². The fraction of sp³-hybridized carbons (Fsp3) is 0.231. The maximum absolute atomic E-state index is 9.82. The van der Waals surface area contributed by atoms with E-state index >= 15 is 0 Å². The Morgan fingerprint density at radius 3 is 2.53 bits per heavy atom. The summed E-state index contributed by atoms with van der Waals surface area (Å²) in [6.07, 6.45) is 8.58. The Morgan fingerprint density at radius 1 is 1.10 bits per heavy atom. The Balaban J connectivity index is 1.88. The van der Waals surface area contributed by atoms with Gasteiger partial charge in [-0.3, -0.25) is 0 Å². The molecule has 0 spiro atoms. The van der Waals surface area contributed by atoms with Gasteiger partial charge in [0, 0.05) is 10.9 Å². The van der Waals surface area contributed by atoms with Crippen molar-refractivity contribution < 1.29 is 4.74 Å². The predicted molar refractivity (Wildman–Crippen MR) is 126 cm³/mol. The zero-order valence-electron chi connectivity index (χ0n) is 17.5. The van der Waals surface area contributed by atoms with Gasteiger partial charge >= 0.3 is 0 Å². The van der Waals surface area contributed by atoms with Crippen LogP contribution in [0, 0.1) is 11.3 Å². The van der Waals surface area contributed by atoms with Gasteiger partial charge in [-0.1, -0.05) is 56.2 Å². The molecule has 3 aromatic rings. The molecule has 0 N–H and O–H groups in total. The third-order valence-corrected chi connectivity index (χ3v) is 5.67. The van der Waals surface area contributed by atoms with Crippen molar-refractivity contribution in [3.8, 4) is 23.1 Å². The molecule has 3 nitrogen and oxygen atoms in total. The summed E-state index contributed by atoms with van der Waals surface area (Å²) in [6, 6.07) is 20.4. The van der Waals surface area contributed by atoms with Gasteiger partial charge in [0.1, 0.15) is 16.8 Å². The monoisotopic (exact) mass is 414 g/mol. The Morgan fingerprint density at radius 2 is 1.87 bits per heavy atom. The standard InChI is InChI=1S/C26H26N2OS/c1-3-4-6-11-21(16-20-9-7-5-8-10-20)17-23(18-27)26-28-25(19-30-26)22-12-14-24(29-2)15-13-22/h5,7-10,12-17,19H,3-4,6,11H2,1-2H3. The molecule has 0 fully saturated rings. The van der Waals surface area contributed by atoms with Gasteiger partial charge in [0.15, 0.2) is 0 Å². The van der Waals surface area contributed by atoms with E-state index in [1.807, 2.05) is 53.9 Å². The summed E-state index contributed by atoms with van der Waals surface area (Å²) < 4.78 is 5.22. The number of rotatable bonds is 9. The highest BCUT2D eigenvalue weighted by atomic mass is 32.1. The van der Waals surface area contributed by atoms with E-state index in [0.717, 1.165) is 46.0 Å².